The lowest BCUT2D eigenvalue weighted by Crippen LogP contribution is -2.30. The molecule has 1 aromatic heterocycles. The summed E-state index contributed by atoms with van der Waals surface area (Å²) in [5, 5.41) is 11.6. The summed E-state index contributed by atoms with van der Waals surface area (Å²) in [7, 11) is 0. The molecule has 1 aliphatic heterocycles. The maximum Gasteiger partial charge on any atom is 0.300 e. The highest BCUT2D eigenvalue weighted by atomic mass is 16.5. The highest BCUT2D eigenvalue weighted by Crippen LogP contribution is 2.44. The van der Waals surface area contributed by atoms with Gasteiger partial charge in [0.2, 0.25) is 0 Å². The highest BCUT2D eigenvalue weighted by Gasteiger charge is 2.47. The van der Waals surface area contributed by atoms with E-state index in [2.05, 4.69) is 25.8 Å². The van der Waals surface area contributed by atoms with Crippen molar-refractivity contribution in [2.45, 2.75) is 53.0 Å². The highest BCUT2D eigenvalue weighted by molar-refractivity contribution is 6.51. The van der Waals surface area contributed by atoms with Crippen molar-refractivity contribution in [3.05, 3.63) is 94.3 Å². The van der Waals surface area contributed by atoms with Crippen LogP contribution in [0.2, 0.25) is 0 Å². The number of amides is 1. The van der Waals surface area contributed by atoms with E-state index in [0.717, 1.165) is 22.4 Å². The number of Topliss-reactive ketones (excluding diaryl/α,β-unsaturated/α-hetero) is 1. The molecule has 0 radical (unpaired) electrons. The van der Waals surface area contributed by atoms with Crippen LogP contribution in [0.5, 0.6) is 5.75 Å². The molecule has 1 saturated heterocycles. The first-order chi connectivity index (χ1) is 17.0. The summed E-state index contributed by atoms with van der Waals surface area (Å²) < 4.78 is 5.82. The molecular formula is C30H32N2O4. The number of aliphatic hydroxyl groups is 1. The molecule has 1 atom stereocenters. The van der Waals surface area contributed by atoms with Crippen LogP contribution in [0.3, 0.4) is 0 Å². The molecule has 0 saturated carbocycles. The molecule has 36 heavy (non-hydrogen) atoms. The minimum absolute atomic E-state index is 0.0511. The van der Waals surface area contributed by atoms with Crippen molar-refractivity contribution in [2.24, 2.45) is 0 Å². The lowest BCUT2D eigenvalue weighted by atomic mass is 9.84. The van der Waals surface area contributed by atoms with Crippen molar-refractivity contribution in [2.75, 3.05) is 11.5 Å². The molecule has 3 aromatic rings. The Hall–Kier alpha value is -3.93. The van der Waals surface area contributed by atoms with Crippen LogP contribution in [0.4, 0.5) is 5.69 Å². The number of benzene rings is 2. The van der Waals surface area contributed by atoms with Gasteiger partial charge in [-0.2, -0.15) is 0 Å². The number of rotatable bonds is 5. The van der Waals surface area contributed by atoms with Crippen molar-refractivity contribution < 1.29 is 19.4 Å². The number of ketones is 1. The summed E-state index contributed by atoms with van der Waals surface area (Å²) in [5.74, 6) is -0.883. The van der Waals surface area contributed by atoms with Crippen molar-refractivity contribution in [3.63, 3.8) is 0 Å². The van der Waals surface area contributed by atoms with E-state index in [4.69, 9.17) is 4.74 Å². The van der Waals surface area contributed by atoms with Gasteiger partial charge in [-0.05, 0) is 73.7 Å². The summed E-state index contributed by atoms with van der Waals surface area (Å²) in [6.45, 7) is 12.5. The van der Waals surface area contributed by atoms with E-state index < -0.39 is 17.7 Å². The topological polar surface area (TPSA) is 79.7 Å². The summed E-state index contributed by atoms with van der Waals surface area (Å²) >= 11 is 0. The average Bonchev–Trinajstić information content (AvgIpc) is 3.09. The second kappa shape index (κ2) is 9.61. The van der Waals surface area contributed by atoms with Gasteiger partial charge >= 0.3 is 0 Å². The predicted molar refractivity (Wildman–Crippen MR) is 141 cm³/mol. The van der Waals surface area contributed by atoms with Crippen LogP contribution in [-0.4, -0.2) is 28.4 Å². The van der Waals surface area contributed by atoms with Crippen LogP contribution in [0, 0.1) is 13.8 Å². The van der Waals surface area contributed by atoms with Crippen LogP contribution in [0.15, 0.2) is 66.5 Å². The number of nitrogens with zero attached hydrogens (tertiary/aromatic N) is 2. The SMILES string of the molecule is CCOc1ccc(/C(O)=C2/C(=O)C(=O)N(c3ccc(C)cc3C)C2c2ccncc2)cc1C(C)(C)C. The van der Waals surface area contributed by atoms with Crippen molar-refractivity contribution >= 4 is 23.1 Å². The van der Waals surface area contributed by atoms with E-state index >= 15 is 0 Å². The van der Waals surface area contributed by atoms with E-state index in [0.29, 0.717) is 23.4 Å². The molecule has 1 aliphatic rings. The largest absolute Gasteiger partial charge is 0.507 e. The van der Waals surface area contributed by atoms with Crippen LogP contribution in [0.1, 0.15) is 61.6 Å². The lowest BCUT2D eigenvalue weighted by molar-refractivity contribution is -0.132. The Labute approximate surface area is 212 Å². The van der Waals surface area contributed by atoms with Crippen molar-refractivity contribution in [3.8, 4) is 5.75 Å². The molecule has 0 bridgehead atoms. The first-order valence-electron chi connectivity index (χ1n) is 12.1. The Morgan fingerprint density at radius 2 is 1.72 bits per heavy atom. The van der Waals surface area contributed by atoms with Gasteiger partial charge in [-0.25, -0.2) is 0 Å². The average molecular weight is 485 g/mol. The number of hydrogen-bond donors (Lipinski definition) is 1. The van der Waals surface area contributed by atoms with Gasteiger partial charge in [-0.3, -0.25) is 19.5 Å². The first kappa shape index (κ1) is 25.2. The molecule has 2 heterocycles. The minimum atomic E-state index is -0.793. The normalized spacial score (nSPS) is 17.5. The number of pyridine rings is 1. The molecule has 1 N–H and O–H groups in total. The van der Waals surface area contributed by atoms with E-state index in [9.17, 15) is 14.7 Å². The van der Waals surface area contributed by atoms with Crippen LogP contribution in [0.25, 0.3) is 5.76 Å². The van der Waals surface area contributed by atoms with Crippen LogP contribution in [-0.2, 0) is 15.0 Å². The zero-order chi connectivity index (χ0) is 26.2. The predicted octanol–water partition coefficient (Wildman–Crippen LogP) is 6.02. The zero-order valence-electron chi connectivity index (χ0n) is 21.6. The van der Waals surface area contributed by atoms with E-state index in [1.165, 1.54) is 4.90 Å². The second-order valence-corrected chi connectivity index (χ2v) is 10.1. The summed E-state index contributed by atoms with van der Waals surface area (Å²) in [6.07, 6.45) is 3.23. The Morgan fingerprint density at radius 3 is 2.33 bits per heavy atom. The number of carbonyl (C=O) groups is 2. The quantitative estimate of drug-likeness (QED) is 0.272. The van der Waals surface area contributed by atoms with Gasteiger partial charge in [0.05, 0.1) is 18.2 Å². The molecule has 6 nitrogen and oxygen atoms in total. The molecule has 4 rings (SSSR count). The Balaban J connectivity index is 1.95. The fourth-order valence-corrected chi connectivity index (χ4v) is 4.72. The lowest BCUT2D eigenvalue weighted by Gasteiger charge is -2.27. The molecule has 1 fully saturated rings. The molecule has 186 valence electrons. The second-order valence-electron chi connectivity index (χ2n) is 10.1. The standard InChI is InChI=1S/C30H32N2O4/c1-7-36-24-11-9-21(17-22(24)30(4,5)6)27(33)25-26(20-12-14-31-15-13-20)32(29(35)28(25)34)23-10-8-18(2)16-19(23)3/h8-17,26,33H,7H2,1-6H3/b27-25-. The van der Waals surface area contributed by atoms with Gasteiger partial charge in [0, 0.05) is 29.2 Å². The van der Waals surface area contributed by atoms with Gasteiger partial charge in [-0.1, -0.05) is 38.5 Å². The van der Waals surface area contributed by atoms with Crippen molar-refractivity contribution in [1.82, 2.24) is 4.98 Å². The maximum atomic E-state index is 13.5. The van der Waals surface area contributed by atoms with E-state index in [1.54, 1.807) is 36.7 Å². The molecule has 6 heteroatoms. The molecule has 1 amide bonds. The Bertz CT molecular complexity index is 1350. The van der Waals surface area contributed by atoms with E-state index in [1.807, 2.05) is 45.0 Å². The van der Waals surface area contributed by atoms with Crippen molar-refractivity contribution in [1.29, 1.82) is 0 Å². The smallest absolute Gasteiger partial charge is 0.300 e. The van der Waals surface area contributed by atoms with Crippen LogP contribution < -0.4 is 9.64 Å². The van der Waals surface area contributed by atoms with Gasteiger partial charge in [-0.15, -0.1) is 0 Å². The number of aromatic nitrogens is 1. The first-order valence-corrected chi connectivity index (χ1v) is 12.1. The monoisotopic (exact) mass is 484 g/mol. The number of aryl methyl sites for hydroxylation is 2. The number of hydrogen-bond acceptors (Lipinski definition) is 5. The summed E-state index contributed by atoms with van der Waals surface area (Å²) in [5.41, 5.74) is 4.38. The number of aliphatic hydroxyl groups excluding tert-OH is 1. The molecular weight excluding hydrogens is 452 g/mol. The maximum absolute atomic E-state index is 13.5. The molecule has 2 aromatic carbocycles. The fraction of sp³-hybridized carbons (Fsp3) is 0.300. The van der Waals surface area contributed by atoms with Crippen LogP contribution >= 0.6 is 0 Å². The van der Waals surface area contributed by atoms with E-state index in [-0.39, 0.29) is 16.7 Å². The van der Waals surface area contributed by atoms with Gasteiger partial charge in [0.25, 0.3) is 11.7 Å². The third kappa shape index (κ3) is 4.51. The fourth-order valence-electron chi connectivity index (χ4n) is 4.72. The Kier molecular flexibility index (Phi) is 6.72. The summed E-state index contributed by atoms with van der Waals surface area (Å²) in [6, 6.07) is 13.8. The molecule has 0 spiro atoms. The van der Waals surface area contributed by atoms with Gasteiger partial charge in [0.15, 0.2) is 0 Å². The molecule has 1 unspecified atom stereocenters. The van der Waals surface area contributed by atoms with Gasteiger partial charge < -0.3 is 9.84 Å². The Morgan fingerprint density at radius 1 is 1.03 bits per heavy atom. The number of carbonyl (C=O) groups excluding carboxylic acids is 2. The third-order valence-corrected chi connectivity index (χ3v) is 6.44. The minimum Gasteiger partial charge on any atom is -0.507 e. The number of ether oxygens (including phenoxy) is 1. The zero-order valence-corrected chi connectivity index (χ0v) is 21.6. The molecule has 0 aliphatic carbocycles. The van der Waals surface area contributed by atoms with Gasteiger partial charge in [0.1, 0.15) is 11.5 Å². The summed E-state index contributed by atoms with van der Waals surface area (Å²) in [4.78, 5) is 32.5. The number of anilines is 1. The third-order valence-electron chi connectivity index (χ3n) is 6.44.